The van der Waals surface area contributed by atoms with Gasteiger partial charge in [0.05, 0.1) is 11.3 Å². The molecule has 0 spiro atoms. The molecule has 0 aromatic heterocycles. The molecule has 0 aliphatic heterocycles. The molecule has 146 valence electrons. The zero-order valence-corrected chi connectivity index (χ0v) is 17.1. The molecule has 0 saturated heterocycles. The van der Waals surface area contributed by atoms with Gasteiger partial charge in [-0.3, -0.25) is 9.59 Å². The van der Waals surface area contributed by atoms with Gasteiger partial charge in [-0.05, 0) is 82.3 Å². The highest BCUT2D eigenvalue weighted by Crippen LogP contribution is 2.55. The van der Waals surface area contributed by atoms with Crippen molar-refractivity contribution in [2.24, 2.45) is 17.8 Å². The van der Waals surface area contributed by atoms with Gasteiger partial charge in [0.15, 0.2) is 0 Å². The van der Waals surface area contributed by atoms with Crippen molar-refractivity contribution in [2.45, 2.75) is 68.8 Å². The summed E-state index contributed by atoms with van der Waals surface area (Å²) >= 11 is 1.44. The predicted octanol–water partition coefficient (Wildman–Crippen LogP) is 4.00. The molecule has 4 nitrogen and oxygen atoms in total. The molecule has 4 aliphatic rings. The molecule has 2 N–H and O–H groups in total. The Labute approximate surface area is 166 Å². The van der Waals surface area contributed by atoms with E-state index in [0.29, 0.717) is 11.3 Å². The normalized spacial score (nSPS) is 31.1. The smallest absolute Gasteiger partial charge is 0.252 e. The molecule has 1 aromatic rings. The van der Waals surface area contributed by atoms with Crippen LogP contribution in [0.1, 0.15) is 62.7 Å². The lowest BCUT2D eigenvalue weighted by molar-refractivity contribution is -0.119. The van der Waals surface area contributed by atoms with Crippen molar-refractivity contribution >= 4 is 23.6 Å². The topological polar surface area (TPSA) is 58.2 Å². The summed E-state index contributed by atoms with van der Waals surface area (Å²) in [5, 5.41) is 6.35. The third-order valence-corrected chi connectivity index (χ3v) is 7.43. The van der Waals surface area contributed by atoms with Gasteiger partial charge in [0.2, 0.25) is 5.91 Å². The number of carbonyl (C=O) groups is 2. The van der Waals surface area contributed by atoms with Crippen molar-refractivity contribution in [2.75, 3.05) is 5.75 Å². The molecule has 0 atom stereocenters. The molecule has 0 radical (unpaired) electrons. The van der Waals surface area contributed by atoms with Crippen LogP contribution in [0.4, 0.5) is 0 Å². The SMILES string of the molecule is CC(C)NC(=O)CSc1ccccc1C(=O)NC12CC3CC(CC(C3)C1)C2. The van der Waals surface area contributed by atoms with Crippen molar-refractivity contribution < 1.29 is 9.59 Å². The lowest BCUT2D eigenvalue weighted by atomic mass is 9.53. The molecular formula is C22H30N2O2S. The number of rotatable bonds is 6. The van der Waals surface area contributed by atoms with Crippen LogP contribution in [0, 0.1) is 17.8 Å². The van der Waals surface area contributed by atoms with Gasteiger partial charge in [0.25, 0.3) is 5.91 Å². The molecule has 4 bridgehead atoms. The highest BCUT2D eigenvalue weighted by molar-refractivity contribution is 8.00. The summed E-state index contributed by atoms with van der Waals surface area (Å²) in [6, 6.07) is 7.81. The van der Waals surface area contributed by atoms with E-state index < -0.39 is 0 Å². The molecule has 4 saturated carbocycles. The maximum Gasteiger partial charge on any atom is 0.252 e. The number of hydrogen-bond donors (Lipinski definition) is 2. The quantitative estimate of drug-likeness (QED) is 0.727. The minimum Gasteiger partial charge on any atom is -0.353 e. The van der Waals surface area contributed by atoms with Gasteiger partial charge >= 0.3 is 0 Å². The monoisotopic (exact) mass is 386 g/mol. The van der Waals surface area contributed by atoms with Crippen LogP contribution in [0.25, 0.3) is 0 Å². The summed E-state index contributed by atoms with van der Waals surface area (Å²) in [5.74, 6) is 2.79. The summed E-state index contributed by atoms with van der Waals surface area (Å²) in [4.78, 5) is 26.0. The minimum atomic E-state index is 0.00583. The maximum atomic E-state index is 13.1. The van der Waals surface area contributed by atoms with E-state index in [2.05, 4.69) is 10.6 Å². The van der Waals surface area contributed by atoms with Crippen LogP contribution in [0.15, 0.2) is 29.2 Å². The summed E-state index contributed by atoms with van der Waals surface area (Å²) in [5.41, 5.74) is 0.717. The first-order valence-electron chi connectivity index (χ1n) is 10.3. The Kier molecular flexibility index (Phi) is 5.23. The van der Waals surface area contributed by atoms with E-state index in [-0.39, 0.29) is 23.4 Å². The Morgan fingerprint density at radius 1 is 1.07 bits per heavy atom. The van der Waals surface area contributed by atoms with Gasteiger partial charge in [-0.15, -0.1) is 11.8 Å². The molecule has 5 heteroatoms. The first kappa shape index (κ1) is 18.9. The fourth-order valence-electron chi connectivity index (χ4n) is 5.86. The Morgan fingerprint density at radius 3 is 2.26 bits per heavy atom. The molecule has 0 unspecified atom stereocenters. The van der Waals surface area contributed by atoms with Crippen LogP contribution in [0.3, 0.4) is 0 Å². The maximum absolute atomic E-state index is 13.1. The summed E-state index contributed by atoms with van der Waals surface area (Å²) in [6.45, 7) is 3.91. The largest absolute Gasteiger partial charge is 0.353 e. The van der Waals surface area contributed by atoms with E-state index in [9.17, 15) is 9.59 Å². The Balaban J connectivity index is 1.44. The molecule has 4 fully saturated rings. The second-order valence-electron chi connectivity index (χ2n) is 9.16. The van der Waals surface area contributed by atoms with Gasteiger partial charge in [0.1, 0.15) is 0 Å². The number of nitrogens with one attached hydrogen (secondary N) is 2. The van der Waals surface area contributed by atoms with Crippen LogP contribution >= 0.6 is 11.8 Å². The van der Waals surface area contributed by atoms with Crippen LogP contribution in [0.5, 0.6) is 0 Å². The van der Waals surface area contributed by atoms with Crippen LogP contribution in [0.2, 0.25) is 0 Å². The summed E-state index contributed by atoms with van der Waals surface area (Å²) < 4.78 is 0. The molecule has 4 aliphatic carbocycles. The average molecular weight is 387 g/mol. The Bertz CT molecular complexity index is 695. The fraction of sp³-hybridized carbons (Fsp3) is 0.636. The number of thioether (sulfide) groups is 1. The third-order valence-electron chi connectivity index (χ3n) is 6.36. The molecule has 0 heterocycles. The van der Waals surface area contributed by atoms with Gasteiger partial charge in [-0.1, -0.05) is 12.1 Å². The van der Waals surface area contributed by atoms with E-state index in [1.807, 2.05) is 38.1 Å². The molecular weight excluding hydrogens is 356 g/mol. The minimum absolute atomic E-state index is 0.00583. The molecule has 1 aromatic carbocycles. The van der Waals surface area contributed by atoms with E-state index in [4.69, 9.17) is 0 Å². The first-order valence-corrected chi connectivity index (χ1v) is 11.2. The lowest BCUT2D eigenvalue weighted by Gasteiger charge is -2.56. The fourth-order valence-corrected chi connectivity index (χ4v) is 6.72. The van der Waals surface area contributed by atoms with Crippen molar-refractivity contribution in [3.63, 3.8) is 0 Å². The van der Waals surface area contributed by atoms with E-state index in [1.54, 1.807) is 0 Å². The lowest BCUT2D eigenvalue weighted by Crippen LogP contribution is -2.59. The summed E-state index contributed by atoms with van der Waals surface area (Å²) in [7, 11) is 0. The predicted molar refractivity (Wildman–Crippen MR) is 109 cm³/mol. The molecule has 27 heavy (non-hydrogen) atoms. The standard InChI is InChI=1S/C22H30N2O2S/c1-14(2)23-20(25)13-27-19-6-4-3-5-18(19)21(26)24-22-10-15-7-16(11-22)9-17(8-15)12-22/h3-6,14-17H,7-13H2,1-2H3,(H,23,25)(H,24,26). The molecule has 5 rings (SSSR count). The second-order valence-corrected chi connectivity index (χ2v) is 10.2. The molecule has 2 amide bonds. The number of amides is 2. The van der Waals surface area contributed by atoms with Gasteiger partial charge in [-0.2, -0.15) is 0 Å². The Hall–Kier alpha value is -1.49. The highest BCUT2D eigenvalue weighted by Gasteiger charge is 2.51. The van der Waals surface area contributed by atoms with Crippen molar-refractivity contribution in [3.8, 4) is 0 Å². The summed E-state index contributed by atoms with van der Waals surface area (Å²) in [6.07, 6.45) is 7.55. The highest BCUT2D eigenvalue weighted by atomic mass is 32.2. The van der Waals surface area contributed by atoms with Crippen molar-refractivity contribution in [1.29, 1.82) is 0 Å². The van der Waals surface area contributed by atoms with E-state index in [0.717, 1.165) is 41.9 Å². The third kappa shape index (κ3) is 4.18. The number of benzene rings is 1. The van der Waals surface area contributed by atoms with E-state index in [1.165, 1.54) is 31.0 Å². The first-order chi connectivity index (χ1) is 12.9. The van der Waals surface area contributed by atoms with Gasteiger partial charge < -0.3 is 10.6 Å². The van der Waals surface area contributed by atoms with Crippen LogP contribution < -0.4 is 10.6 Å². The Morgan fingerprint density at radius 2 is 1.67 bits per heavy atom. The van der Waals surface area contributed by atoms with Crippen molar-refractivity contribution in [3.05, 3.63) is 29.8 Å². The van der Waals surface area contributed by atoms with Gasteiger partial charge in [-0.25, -0.2) is 0 Å². The van der Waals surface area contributed by atoms with Gasteiger partial charge in [0, 0.05) is 16.5 Å². The zero-order valence-electron chi connectivity index (χ0n) is 16.3. The van der Waals surface area contributed by atoms with E-state index >= 15 is 0 Å². The second kappa shape index (κ2) is 7.50. The zero-order chi connectivity index (χ0) is 19.0. The average Bonchev–Trinajstić information content (AvgIpc) is 2.58. The van der Waals surface area contributed by atoms with Crippen LogP contribution in [-0.2, 0) is 4.79 Å². The number of carbonyl (C=O) groups excluding carboxylic acids is 2. The number of hydrogen-bond acceptors (Lipinski definition) is 3. The van der Waals surface area contributed by atoms with Crippen molar-refractivity contribution in [1.82, 2.24) is 10.6 Å². The van der Waals surface area contributed by atoms with Crippen LogP contribution in [-0.4, -0.2) is 29.1 Å².